The molecule has 0 amide bonds. The van der Waals surface area contributed by atoms with Gasteiger partial charge in [-0.25, -0.2) is 9.49 Å². The van der Waals surface area contributed by atoms with E-state index in [0.717, 1.165) is 22.0 Å². The highest BCUT2D eigenvalue weighted by molar-refractivity contribution is 7.71. The van der Waals surface area contributed by atoms with Gasteiger partial charge in [0.05, 0.1) is 6.21 Å². The Morgan fingerprint density at radius 2 is 1.92 bits per heavy atom. The number of rotatable bonds is 3. The summed E-state index contributed by atoms with van der Waals surface area (Å²) in [6, 6.07) is 14.0. The molecule has 0 aliphatic rings. The first-order valence-corrected chi connectivity index (χ1v) is 7.67. The van der Waals surface area contributed by atoms with Gasteiger partial charge in [0.25, 0.3) is 0 Å². The highest BCUT2D eigenvalue weighted by Crippen LogP contribution is 2.19. The standard InChI is InChI=1S/C17H12FN5S/c18-13-7-5-11(6-8-13)16-21-22-17(24)23(16)20-10-12-9-19-15-4-2-1-3-14(12)15/h1-10,19H,(H,22,24). The fourth-order valence-corrected chi connectivity index (χ4v) is 2.68. The number of para-hydroxylation sites is 1. The second-order valence-corrected chi connectivity index (χ2v) is 5.59. The van der Waals surface area contributed by atoms with Crippen LogP contribution < -0.4 is 0 Å². The highest BCUT2D eigenvalue weighted by Gasteiger charge is 2.08. The summed E-state index contributed by atoms with van der Waals surface area (Å²) in [5.41, 5.74) is 2.70. The van der Waals surface area contributed by atoms with Crippen LogP contribution in [0.1, 0.15) is 5.56 Å². The molecular formula is C17H12FN5S. The summed E-state index contributed by atoms with van der Waals surface area (Å²) in [5.74, 6) is 0.220. The average molecular weight is 337 g/mol. The van der Waals surface area contributed by atoms with E-state index < -0.39 is 0 Å². The maximum atomic E-state index is 13.1. The summed E-state index contributed by atoms with van der Waals surface area (Å²) >= 11 is 5.24. The molecule has 5 nitrogen and oxygen atoms in total. The van der Waals surface area contributed by atoms with Gasteiger partial charge in [-0.15, -0.1) is 0 Å². The molecular weight excluding hydrogens is 325 g/mol. The minimum absolute atomic E-state index is 0.304. The Balaban J connectivity index is 1.76. The van der Waals surface area contributed by atoms with Crippen LogP contribution in [0.2, 0.25) is 0 Å². The smallest absolute Gasteiger partial charge is 0.216 e. The van der Waals surface area contributed by atoms with Crippen molar-refractivity contribution in [3.8, 4) is 11.4 Å². The molecule has 2 aromatic heterocycles. The number of hydrogen-bond acceptors (Lipinski definition) is 3. The minimum atomic E-state index is -0.304. The number of H-pyrrole nitrogens is 2. The molecule has 24 heavy (non-hydrogen) atoms. The molecule has 0 aliphatic heterocycles. The van der Waals surface area contributed by atoms with E-state index in [0.29, 0.717) is 10.6 Å². The molecule has 2 aromatic carbocycles. The lowest BCUT2D eigenvalue weighted by molar-refractivity contribution is 0.628. The number of aromatic nitrogens is 4. The normalized spacial score (nSPS) is 11.5. The van der Waals surface area contributed by atoms with Gasteiger partial charge in [-0.05, 0) is 42.5 Å². The summed E-state index contributed by atoms with van der Waals surface area (Å²) < 4.78 is 15.0. The third-order valence-electron chi connectivity index (χ3n) is 3.69. The quantitative estimate of drug-likeness (QED) is 0.436. The molecule has 118 valence electrons. The number of nitrogens with zero attached hydrogens (tertiary/aromatic N) is 3. The van der Waals surface area contributed by atoms with Crippen molar-refractivity contribution in [2.75, 3.05) is 0 Å². The van der Waals surface area contributed by atoms with Crippen LogP contribution in [0.4, 0.5) is 4.39 Å². The van der Waals surface area contributed by atoms with Gasteiger partial charge < -0.3 is 4.98 Å². The van der Waals surface area contributed by atoms with Gasteiger partial charge in [-0.3, -0.25) is 0 Å². The lowest BCUT2D eigenvalue weighted by Crippen LogP contribution is -1.95. The van der Waals surface area contributed by atoms with Crippen LogP contribution in [0.5, 0.6) is 0 Å². The molecule has 7 heteroatoms. The van der Waals surface area contributed by atoms with Gasteiger partial charge in [0.2, 0.25) is 4.77 Å². The molecule has 0 unspecified atom stereocenters. The fraction of sp³-hybridized carbons (Fsp3) is 0. The number of benzene rings is 2. The molecule has 0 spiro atoms. The molecule has 4 aromatic rings. The Labute approximate surface area is 141 Å². The zero-order valence-corrected chi connectivity index (χ0v) is 13.2. The van der Waals surface area contributed by atoms with Crippen LogP contribution in [-0.4, -0.2) is 26.1 Å². The van der Waals surface area contributed by atoms with Crippen molar-refractivity contribution < 1.29 is 4.39 Å². The lowest BCUT2D eigenvalue weighted by Gasteiger charge is -2.00. The zero-order chi connectivity index (χ0) is 16.5. The van der Waals surface area contributed by atoms with Crippen molar-refractivity contribution in [3.63, 3.8) is 0 Å². The summed E-state index contributed by atoms with van der Waals surface area (Å²) in [7, 11) is 0. The minimum Gasteiger partial charge on any atom is -0.361 e. The Kier molecular flexibility index (Phi) is 3.55. The fourth-order valence-electron chi connectivity index (χ4n) is 2.51. The maximum Gasteiger partial charge on any atom is 0.216 e. The molecule has 0 aliphatic carbocycles. The summed E-state index contributed by atoms with van der Waals surface area (Å²) in [5, 5.41) is 12.4. The molecule has 2 N–H and O–H groups in total. The van der Waals surface area contributed by atoms with Crippen LogP contribution >= 0.6 is 12.2 Å². The van der Waals surface area contributed by atoms with Gasteiger partial charge in [0, 0.05) is 28.2 Å². The first-order chi connectivity index (χ1) is 11.7. The van der Waals surface area contributed by atoms with Crippen molar-refractivity contribution >= 4 is 29.3 Å². The number of fused-ring (bicyclic) bond motifs is 1. The van der Waals surface area contributed by atoms with Crippen LogP contribution in [0, 0.1) is 10.6 Å². The predicted octanol–water partition coefficient (Wildman–Crippen LogP) is 4.11. The number of hydrogen-bond donors (Lipinski definition) is 2. The van der Waals surface area contributed by atoms with Crippen molar-refractivity contribution in [1.82, 2.24) is 19.9 Å². The van der Waals surface area contributed by atoms with E-state index in [9.17, 15) is 4.39 Å². The second kappa shape index (κ2) is 5.86. The highest BCUT2D eigenvalue weighted by atomic mass is 32.1. The summed E-state index contributed by atoms with van der Waals surface area (Å²) in [6.07, 6.45) is 3.60. The first kappa shape index (κ1) is 14.5. The molecule has 0 bridgehead atoms. The van der Waals surface area contributed by atoms with E-state index in [2.05, 4.69) is 20.3 Å². The first-order valence-electron chi connectivity index (χ1n) is 7.26. The second-order valence-electron chi connectivity index (χ2n) is 5.21. The van der Waals surface area contributed by atoms with Crippen LogP contribution in [0.25, 0.3) is 22.3 Å². The number of halogens is 1. The summed E-state index contributed by atoms with van der Waals surface area (Å²) in [6.45, 7) is 0. The van der Waals surface area contributed by atoms with Gasteiger partial charge in [0.1, 0.15) is 5.82 Å². The Bertz CT molecular complexity index is 1090. The Morgan fingerprint density at radius 3 is 2.75 bits per heavy atom. The van der Waals surface area contributed by atoms with E-state index >= 15 is 0 Å². The van der Waals surface area contributed by atoms with Crippen LogP contribution in [0.3, 0.4) is 0 Å². The van der Waals surface area contributed by atoms with Gasteiger partial charge >= 0.3 is 0 Å². The van der Waals surface area contributed by atoms with E-state index in [1.807, 2.05) is 30.5 Å². The summed E-state index contributed by atoms with van der Waals surface area (Å²) in [4.78, 5) is 3.19. The molecule has 4 rings (SSSR count). The molecule has 0 fully saturated rings. The van der Waals surface area contributed by atoms with E-state index in [1.165, 1.54) is 16.8 Å². The molecule has 0 radical (unpaired) electrons. The topological polar surface area (TPSA) is 61.8 Å². The van der Waals surface area contributed by atoms with E-state index in [1.54, 1.807) is 18.3 Å². The lowest BCUT2D eigenvalue weighted by atomic mass is 10.2. The van der Waals surface area contributed by atoms with Crippen molar-refractivity contribution in [1.29, 1.82) is 0 Å². The van der Waals surface area contributed by atoms with Gasteiger partial charge in [-0.2, -0.15) is 14.9 Å². The third-order valence-corrected chi connectivity index (χ3v) is 3.95. The molecule has 0 saturated heterocycles. The molecule has 0 saturated carbocycles. The predicted molar refractivity (Wildman–Crippen MR) is 94.1 cm³/mol. The van der Waals surface area contributed by atoms with Crippen LogP contribution in [0.15, 0.2) is 59.8 Å². The average Bonchev–Trinajstić information content (AvgIpc) is 3.17. The van der Waals surface area contributed by atoms with E-state index in [-0.39, 0.29) is 5.82 Å². The maximum absolute atomic E-state index is 13.1. The third kappa shape index (κ3) is 2.55. The van der Waals surface area contributed by atoms with Crippen molar-refractivity contribution in [2.24, 2.45) is 5.10 Å². The Morgan fingerprint density at radius 1 is 1.12 bits per heavy atom. The van der Waals surface area contributed by atoms with E-state index in [4.69, 9.17) is 12.2 Å². The zero-order valence-electron chi connectivity index (χ0n) is 12.4. The molecule has 2 heterocycles. The number of nitrogens with one attached hydrogen (secondary N) is 2. The monoisotopic (exact) mass is 337 g/mol. The Hall–Kier alpha value is -3.06. The van der Waals surface area contributed by atoms with Crippen molar-refractivity contribution in [2.45, 2.75) is 0 Å². The largest absolute Gasteiger partial charge is 0.361 e. The SMILES string of the molecule is Fc1ccc(-c2n[nH]c(=S)n2N=Cc2c[nH]c3ccccc23)cc1. The van der Waals surface area contributed by atoms with Crippen LogP contribution in [-0.2, 0) is 0 Å². The van der Waals surface area contributed by atoms with Crippen molar-refractivity contribution in [3.05, 3.63) is 70.9 Å². The molecule has 0 atom stereocenters. The number of aromatic amines is 2. The van der Waals surface area contributed by atoms with Gasteiger partial charge in [-0.1, -0.05) is 18.2 Å². The van der Waals surface area contributed by atoms with Gasteiger partial charge in [0.15, 0.2) is 5.82 Å².